The van der Waals surface area contributed by atoms with Crippen molar-refractivity contribution in [1.29, 1.82) is 0 Å². The highest BCUT2D eigenvalue weighted by Crippen LogP contribution is 2.19. The molecule has 1 aromatic heterocycles. The zero-order valence-electron chi connectivity index (χ0n) is 9.97. The van der Waals surface area contributed by atoms with Gasteiger partial charge in [-0.1, -0.05) is 11.6 Å². The lowest BCUT2D eigenvalue weighted by molar-refractivity contribution is 0.0916. The molecule has 0 aliphatic rings. The molecule has 0 aliphatic carbocycles. The minimum atomic E-state index is -0.708. The normalized spacial score (nSPS) is 12.1. The van der Waals surface area contributed by atoms with E-state index in [-0.39, 0.29) is 12.5 Å². The Kier molecular flexibility index (Phi) is 4.42. The van der Waals surface area contributed by atoms with Crippen LogP contribution in [-0.2, 0) is 0 Å². The van der Waals surface area contributed by atoms with Gasteiger partial charge in [0.25, 0.3) is 5.91 Å². The number of benzene rings is 1. The third kappa shape index (κ3) is 3.47. The molecule has 0 radical (unpaired) electrons. The number of amides is 1. The third-order valence-corrected chi connectivity index (χ3v) is 3.69. The topological polar surface area (TPSA) is 75.4 Å². The minimum Gasteiger partial charge on any atom is -0.398 e. The SMILES string of the molecule is Nc1cc(C(=O)NCC(O)c2ccsc2)ccc1Cl. The molecular weight excluding hydrogens is 284 g/mol. The Morgan fingerprint density at radius 2 is 2.26 bits per heavy atom. The van der Waals surface area contributed by atoms with Gasteiger partial charge in [-0.3, -0.25) is 4.79 Å². The molecule has 0 spiro atoms. The van der Waals surface area contributed by atoms with E-state index in [0.29, 0.717) is 16.3 Å². The number of halogens is 1. The highest BCUT2D eigenvalue weighted by Gasteiger charge is 2.11. The molecule has 2 rings (SSSR count). The molecule has 0 bridgehead atoms. The van der Waals surface area contributed by atoms with Crippen LogP contribution in [0, 0.1) is 0 Å². The number of nitrogens with one attached hydrogen (secondary N) is 1. The summed E-state index contributed by atoms with van der Waals surface area (Å²) in [6.07, 6.45) is -0.708. The van der Waals surface area contributed by atoms with Crippen molar-refractivity contribution in [3.8, 4) is 0 Å². The molecule has 4 N–H and O–H groups in total. The van der Waals surface area contributed by atoms with Crippen LogP contribution in [-0.4, -0.2) is 17.6 Å². The lowest BCUT2D eigenvalue weighted by Crippen LogP contribution is -2.28. The maximum Gasteiger partial charge on any atom is 0.251 e. The highest BCUT2D eigenvalue weighted by atomic mass is 35.5. The van der Waals surface area contributed by atoms with Gasteiger partial charge in [-0.05, 0) is 40.6 Å². The molecular formula is C13H13ClN2O2S. The lowest BCUT2D eigenvalue weighted by atomic mass is 10.1. The molecule has 2 aromatic rings. The fourth-order valence-corrected chi connectivity index (χ4v) is 2.38. The van der Waals surface area contributed by atoms with Crippen molar-refractivity contribution < 1.29 is 9.90 Å². The smallest absolute Gasteiger partial charge is 0.251 e. The number of thiophene rings is 1. The second-order valence-corrected chi connectivity index (χ2v) is 5.21. The van der Waals surface area contributed by atoms with Crippen molar-refractivity contribution in [2.75, 3.05) is 12.3 Å². The quantitative estimate of drug-likeness (QED) is 0.759. The van der Waals surface area contributed by atoms with E-state index >= 15 is 0 Å². The summed E-state index contributed by atoms with van der Waals surface area (Å²) < 4.78 is 0. The predicted molar refractivity (Wildman–Crippen MR) is 77.5 cm³/mol. The largest absolute Gasteiger partial charge is 0.398 e. The van der Waals surface area contributed by atoms with Gasteiger partial charge < -0.3 is 16.2 Å². The average molecular weight is 297 g/mol. The lowest BCUT2D eigenvalue weighted by Gasteiger charge is -2.11. The van der Waals surface area contributed by atoms with Crippen LogP contribution in [0.5, 0.6) is 0 Å². The van der Waals surface area contributed by atoms with Gasteiger partial charge in [-0.15, -0.1) is 0 Å². The molecule has 1 atom stereocenters. The summed E-state index contributed by atoms with van der Waals surface area (Å²) in [4.78, 5) is 11.9. The molecule has 0 saturated carbocycles. The van der Waals surface area contributed by atoms with Crippen molar-refractivity contribution in [2.45, 2.75) is 6.10 Å². The number of rotatable bonds is 4. The van der Waals surface area contributed by atoms with Crippen LogP contribution >= 0.6 is 22.9 Å². The summed E-state index contributed by atoms with van der Waals surface area (Å²) in [5.41, 5.74) is 7.19. The summed E-state index contributed by atoms with van der Waals surface area (Å²) in [5, 5.41) is 16.6. The molecule has 0 aliphatic heterocycles. The Balaban J connectivity index is 1.96. The zero-order chi connectivity index (χ0) is 13.8. The molecule has 6 heteroatoms. The number of carbonyl (C=O) groups is 1. The summed E-state index contributed by atoms with van der Waals surface area (Å²) in [7, 11) is 0. The molecule has 1 heterocycles. The summed E-state index contributed by atoms with van der Waals surface area (Å²) >= 11 is 7.28. The Hall–Kier alpha value is -1.56. The monoisotopic (exact) mass is 296 g/mol. The van der Waals surface area contributed by atoms with Gasteiger partial charge in [-0.25, -0.2) is 0 Å². The van der Waals surface area contributed by atoms with Gasteiger partial charge in [0.05, 0.1) is 16.8 Å². The van der Waals surface area contributed by atoms with Gasteiger partial charge >= 0.3 is 0 Å². The number of aliphatic hydroxyl groups is 1. The molecule has 19 heavy (non-hydrogen) atoms. The van der Waals surface area contributed by atoms with Crippen LogP contribution in [0.25, 0.3) is 0 Å². The number of nitrogen functional groups attached to an aromatic ring is 1. The van der Waals surface area contributed by atoms with E-state index in [1.54, 1.807) is 12.1 Å². The average Bonchev–Trinajstić information content (AvgIpc) is 2.92. The summed E-state index contributed by atoms with van der Waals surface area (Å²) in [5.74, 6) is -0.294. The number of nitrogens with two attached hydrogens (primary N) is 1. The molecule has 4 nitrogen and oxygen atoms in total. The number of aliphatic hydroxyl groups excluding tert-OH is 1. The van der Waals surface area contributed by atoms with Crippen LogP contribution in [0.1, 0.15) is 22.0 Å². The summed E-state index contributed by atoms with van der Waals surface area (Å²) in [6, 6.07) is 6.49. The van der Waals surface area contributed by atoms with E-state index < -0.39 is 6.10 Å². The van der Waals surface area contributed by atoms with Gasteiger partial charge in [0.2, 0.25) is 0 Å². The van der Waals surface area contributed by atoms with E-state index in [4.69, 9.17) is 17.3 Å². The first kappa shape index (κ1) is 13.9. The molecule has 1 aromatic carbocycles. The maximum atomic E-state index is 11.9. The standard InChI is InChI=1S/C13H13ClN2O2S/c14-10-2-1-8(5-11(10)15)13(18)16-6-12(17)9-3-4-19-7-9/h1-5,7,12,17H,6,15H2,(H,16,18). The van der Waals surface area contributed by atoms with Crippen LogP contribution in [0.4, 0.5) is 5.69 Å². The van der Waals surface area contributed by atoms with Crippen molar-refractivity contribution in [3.63, 3.8) is 0 Å². The Morgan fingerprint density at radius 3 is 2.89 bits per heavy atom. The Bertz CT molecular complexity index is 572. The zero-order valence-corrected chi connectivity index (χ0v) is 11.5. The van der Waals surface area contributed by atoms with Crippen LogP contribution < -0.4 is 11.1 Å². The van der Waals surface area contributed by atoms with Crippen molar-refractivity contribution in [1.82, 2.24) is 5.32 Å². The van der Waals surface area contributed by atoms with Gasteiger partial charge in [0.1, 0.15) is 0 Å². The third-order valence-electron chi connectivity index (χ3n) is 2.64. The van der Waals surface area contributed by atoms with Gasteiger partial charge in [0.15, 0.2) is 0 Å². The van der Waals surface area contributed by atoms with Crippen molar-refractivity contribution in [3.05, 3.63) is 51.2 Å². The molecule has 0 saturated heterocycles. The van der Waals surface area contributed by atoms with E-state index in [2.05, 4.69) is 5.32 Å². The molecule has 1 amide bonds. The second-order valence-electron chi connectivity index (χ2n) is 4.02. The maximum absolute atomic E-state index is 11.9. The van der Waals surface area contributed by atoms with Gasteiger partial charge in [-0.2, -0.15) is 11.3 Å². The van der Waals surface area contributed by atoms with E-state index in [1.165, 1.54) is 17.4 Å². The van der Waals surface area contributed by atoms with E-state index in [9.17, 15) is 9.90 Å². The van der Waals surface area contributed by atoms with Gasteiger partial charge in [0, 0.05) is 12.1 Å². The first-order chi connectivity index (χ1) is 9.08. The molecule has 100 valence electrons. The fraction of sp³-hybridized carbons (Fsp3) is 0.154. The van der Waals surface area contributed by atoms with E-state index in [1.807, 2.05) is 16.8 Å². The predicted octanol–water partition coefficient (Wildman–Crippen LogP) is 2.45. The number of hydrogen-bond acceptors (Lipinski definition) is 4. The number of hydrogen-bond donors (Lipinski definition) is 3. The summed E-state index contributed by atoms with van der Waals surface area (Å²) in [6.45, 7) is 0.151. The number of carbonyl (C=O) groups excluding carboxylic acids is 1. The van der Waals surface area contributed by atoms with Crippen molar-refractivity contribution in [2.24, 2.45) is 0 Å². The first-order valence-electron chi connectivity index (χ1n) is 5.61. The minimum absolute atomic E-state index is 0.151. The fourth-order valence-electron chi connectivity index (χ4n) is 1.56. The Morgan fingerprint density at radius 1 is 1.47 bits per heavy atom. The van der Waals surface area contributed by atoms with E-state index in [0.717, 1.165) is 5.56 Å². The Labute approximate surface area is 119 Å². The molecule has 0 fully saturated rings. The van der Waals surface area contributed by atoms with Crippen LogP contribution in [0.3, 0.4) is 0 Å². The van der Waals surface area contributed by atoms with Crippen LogP contribution in [0.2, 0.25) is 5.02 Å². The van der Waals surface area contributed by atoms with Crippen LogP contribution in [0.15, 0.2) is 35.0 Å². The first-order valence-corrected chi connectivity index (χ1v) is 6.93. The van der Waals surface area contributed by atoms with Crippen molar-refractivity contribution >= 4 is 34.5 Å². The molecule has 1 unspecified atom stereocenters. The number of anilines is 1. The second kappa shape index (κ2) is 6.06. The highest BCUT2D eigenvalue weighted by molar-refractivity contribution is 7.07.